The number of phosphoric ester groups is 1. The Kier molecular flexibility index (Phi) is 5.11. The molecule has 2 unspecified atom stereocenters. The number of nitrogens with zero attached hydrogens (tertiary/aromatic N) is 1. The highest BCUT2D eigenvalue weighted by Crippen LogP contribution is 2.55. The van der Waals surface area contributed by atoms with Gasteiger partial charge in [-0.2, -0.15) is 0 Å². The van der Waals surface area contributed by atoms with Crippen LogP contribution in [0.25, 0.3) is 0 Å². The first-order valence-electron chi connectivity index (χ1n) is 8.54. The van der Waals surface area contributed by atoms with Gasteiger partial charge in [0.2, 0.25) is 12.3 Å². The standard InChI is InChI=1S/C16H18FN2O9P/c17-16(8-26-29(24)25-7-9-3-1-2-4-10(9)28-29)13(22)12(21)14(27-16)19-6-5-11(20)18-15(19)23/h1-6,12-15,21-23H,7-8H2,(H,18,20)/t12-,13+,14-,15?,16-,29?/m1/s1. The van der Waals surface area contributed by atoms with Crippen LogP contribution in [0.1, 0.15) is 5.56 Å². The molecule has 3 aliphatic rings. The first-order chi connectivity index (χ1) is 13.7. The minimum Gasteiger partial charge on any atom is -0.404 e. The average molecular weight is 432 g/mol. The fraction of sp³-hybridized carbons (Fsp3) is 0.438. The summed E-state index contributed by atoms with van der Waals surface area (Å²) in [5, 5.41) is 32.3. The second kappa shape index (κ2) is 7.33. The van der Waals surface area contributed by atoms with Crippen molar-refractivity contribution < 1.29 is 47.4 Å². The molecular weight excluding hydrogens is 414 g/mol. The Labute approximate surface area is 163 Å². The molecule has 13 heteroatoms. The molecule has 158 valence electrons. The fourth-order valence-electron chi connectivity index (χ4n) is 3.06. The average Bonchev–Trinajstić information content (AvgIpc) is 2.91. The van der Waals surface area contributed by atoms with E-state index in [0.29, 0.717) is 5.56 Å². The van der Waals surface area contributed by atoms with Crippen LogP contribution in [0.4, 0.5) is 4.39 Å². The van der Waals surface area contributed by atoms with E-state index >= 15 is 4.39 Å². The van der Waals surface area contributed by atoms with Crippen LogP contribution >= 0.6 is 7.82 Å². The number of nitrogens with one attached hydrogen (secondary N) is 1. The number of carbonyl (C=O) groups excluding carboxylic acids is 1. The topological polar surface area (TPSA) is 147 Å². The third-order valence-corrected chi connectivity index (χ3v) is 5.91. The number of hydrogen-bond donors (Lipinski definition) is 4. The van der Waals surface area contributed by atoms with E-state index in [1.807, 2.05) is 0 Å². The third kappa shape index (κ3) is 3.76. The van der Waals surface area contributed by atoms with Crippen LogP contribution in [-0.2, 0) is 29.8 Å². The van der Waals surface area contributed by atoms with Gasteiger partial charge in [-0.15, -0.1) is 0 Å². The summed E-state index contributed by atoms with van der Waals surface area (Å²) in [6, 6.07) is 6.61. The van der Waals surface area contributed by atoms with E-state index < -0.39 is 51.0 Å². The maximum atomic E-state index is 15.2. The van der Waals surface area contributed by atoms with Crippen LogP contribution < -0.4 is 9.84 Å². The number of para-hydroxylation sites is 1. The van der Waals surface area contributed by atoms with Gasteiger partial charge in [-0.05, 0) is 6.07 Å². The summed E-state index contributed by atoms with van der Waals surface area (Å²) in [6.07, 6.45) is -5.04. The number of ether oxygens (including phenoxy) is 1. The Hall–Kier alpha value is -2.05. The monoisotopic (exact) mass is 432 g/mol. The second-order valence-corrected chi connectivity index (χ2v) is 8.16. The molecule has 0 spiro atoms. The Balaban J connectivity index is 1.45. The zero-order valence-corrected chi connectivity index (χ0v) is 15.6. The zero-order chi connectivity index (χ0) is 20.8. The summed E-state index contributed by atoms with van der Waals surface area (Å²) >= 11 is 0. The largest absolute Gasteiger partial charge is 0.530 e. The molecule has 0 aromatic heterocycles. The van der Waals surface area contributed by atoms with Crippen LogP contribution in [0, 0.1) is 0 Å². The first-order valence-corrected chi connectivity index (χ1v) is 10.0. The molecule has 4 N–H and O–H groups in total. The van der Waals surface area contributed by atoms with E-state index in [4.69, 9.17) is 18.3 Å². The Bertz CT molecular complexity index is 886. The van der Waals surface area contributed by atoms with Crippen molar-refractivity contribution in [3.8, 4) is 5.75 Å². The van der Waals surface area contributed by atoms with Gasteiger partial charge in [0, 0.05) is 17.8 Å². The van der Waals surface area contributed by atoms with E-state index in [-0.39, 0.29) is 12.4 Å². The van der Waals surface area contributed by atoms with E-state index in [0.717, 1.165) is 17.2 Å². The third-order valence-electron chi connectivity index (χ3n) is 4.60. The molecule has 0 radical (unpaired) electrons. The molecule has 1 aromatic carbocycles. The number of phosphoric acid groups is 1. The van der Waals surface area contributed by atoms with Crippen LogP contribution in [0.2, 0.25) is 0 Å². The molecule has 0 aliphatic carbocycles. The van der Waals surface area contributed by atoms with Gasteiger partial charge in [-0.25, -0.2) is 8.96 Å². The first kappa shape index (κ1) is 20.2. The minimum absolute atomic E-state index is 0.0914. The van der Waals surface area contributed by atoms with Crippen LogP contribution in [0.15, 0.2) is 36.5 Å². The summed E-state index contributed by atoms with van der Waals surface area (Å²) in [7, 11) is -4.21. The molecule has 1 aromatic rings. The van der Waals surface area contributed by atoms with Crippen molar-refractivity contribution in [1.29, 1.82) is 0 Å². The SMILES string of the molecule is O=C1C=CN([C@@H]2O[C@](F)(COP3(=O)OCc4ccccc4O3)[C@@H](O)[C@H]2O)C(O)N1. The van der Waals surface area contributed by atoms with Crippen LogP contribution in [0.3, 0.4) is 0 Å². The maximum Gasteiger partial charge on any atom is 0.530 e. The van der Waals surface area contributed by atoms with E-state index in [1.165, 1.54) is 6.07 Å². The minimum atomic E-state index is -4.21. The van der Waals surface area contributed by atoms with Gasteiger partial charge in [0.1, 0.15) is 24.6 Å². The second-order valence-electron chi connectivity index (χ2n) is 6.57. The molecule has 3 heterocycles. The lowest BCUT2D eigenvalue weighted by Crippen LogP contribution is -2.55. The summed E-state index contributed by atoms with van der Waals surface area (Å²) in [5.41, 5.74) is 0.623. The number of rotatable bonds is 4. The Morgan fingerprint density at radius 1 is 1.34 bits per heavy atom. The summed E-state index contributed by atoms with van der Waals surface area (Å²) in [5.74, 6) is -3.36. The summed E-state index contributed by atoms with van der Waals surface area (Å²) in [6.45, 7) is -1.19. The van der Waals surface area contributed by atoms with Crippen molar-refractivity contribution in [3.63, 3.8) is 0 Å². The molecular formula is C16H18FN2O9P. The van der Waals surface area contributed by atoms with Gasteiger partial charge in [-0.3, -0.25) is 13.8 Å². The highest BCUT2D eigenvalue weighted by Gasteiger charge is 2.59. The predicted octanol–water partition coefficient (Wildman–Crippen LogP) is -0.314. The number of benzene rings is 1. The van der Waals surface area contributed by atoms with Crippen molar-refractivity contribution >= 4 is 13.7 Å². The molecule has 0 bridgehead atoms. The number of halogens is 1. The van der Waals surface area contributed by atoms with Gasteiger partial charge in [0.15, 0.2) is 6.23 Å². The van der Waals surface area contributed by atoms with Gasteiger partial charge >= 0.3 is 7.82 Å². The quantitative estimate of drug-likeness (QED) is 0.467. The molecule has 11 nitrogen and oxygen atoms in total. The summed E-state index contributed by atoms with van der Waals surface area (Å²) in [4.78, 5) is 12.1. The lowest BCUT2D eigenvalue weighted by molar-refractivity contribution is -0.225. The number of aliphatic hydroxyl groups is 3. The van der Waals surface area contributed by atoms with Crippen molar-refractivity contribution in [2.75, 3.05) is 6.61 Å². The fourth-order valence-corrected chi connectivity index (χ4v) is 4.29. The molecule has 1 fully saturated rings. The number of fused-ring (bicyclic) bond motifs is 1. The van der Waals surface area contributed by atoms with E-state index in [9.17, 15) is 24.7 Å². The van der Waals surface area contributed by atoms with Crippen LogP contribution in [0.5, 0.6) is 5.75 Å². The van der Waals surface area contributed by atoms with E-state index in [1.54, 1.807) is 18.2 Å². The van der Waals surface area contributed by atoms with Crippen molar-refractivity contribution in [2.24, 2.45) is 0 Å². The number of amides is 1. The normalized spacial score (nSPS) is 39.0. The molecule has 3 aliphatic heterocycles. The lowest BCUT2D eigenvalue weighted by atomic mass is 10.1. The number of carbonyl (C=O) groups is 1. The molecule has 1 saturated heterocycles. The van der Waals surface area contributed by atoms with Crippen molar-refractivity contribution in [3.05, 3.63) is 42.1 Å². The Morgan fingerprint density at radius 2 is 2.10 bits per heavy atom. The molecule has 0 saturated carbocycles. The predicted molar refractivity (Wildman–Crippen MR) is 91.3 cm³/mol. The van der Waals surface area contributed by atoms with Crippen molar-refractivity contribution in [2.45, 2.75) is 37.2 Å². The molecule has 6 atom stereocenters. The Morgan fingerprint density at radius 3 is 2.86 bits per heavy atom. The number of alkyl halides is 1. The van der Waals surface area contributed by atoms with Gasteiger partial charge in [-0.1, -0.05) is 18.2 Å². The molecule has 1 amide bonds. The summed E-state index contributed by atoms with van der Waals surface area (Å²) < 4.78 is 48.1. The molecule has 29 heavy (non-hydrogen) atoms. The number of aliphatic hydroxyl groups excluding tert-OH is 3. The van der Waals surface area contributed by atoms with Gasteiger partial charge in [0.25, 0.3) is 5.85 Å². The van der Waals surface area contributed by atoms with Gasteiger partial charge in [0.05, 0.1) is 6.61 Å². The van der Waals surface area contributed by atoms with Gasteiger partial charge < -0.3 is 34.8 Å². The maximum absolute atomic E-state index is 15.2. The highest BCUT2D eigenvalue weighted by molar-refractivity contribution is 7.49. The lowest BCUT2D eigenvalue weighted by Gasteiger charge is -2.35. The smallest absolute Gasteiger partial charge is 0.404 e. The number of hydrogen-bond acceptors (Lipinski definition) is 10. The molecule has 4 rings (SSSR count). The highest BCUT2D eigenvalue weighted by atomic mass is 31.2. The van der Waals surface area contributed by atoms with E-state index in [2.05, 4.69) is 5.32 Å². The zero-order valence-electron chi connectivity index (χ0n) is 14.8. The van der Waals surface area contributed by atoms with Crippen molar-refractivity contribution in [1.82, 2.24) is 10.2 Å². The van der Waals surface area contributed by atoms with Crippen LogP contribution in [-0.4, -0.2) is 63.4 Å².